The number of rotatable bonds is 5. The Balaban J connectivity index is 2.11. The van der Waals surface area contributed by atoms with E-state index in [9.17, 15) is 4.79 Å². The largest absolute Gasteiger partial charge is 0.480 e. The molecule has 21 heavy (non-hydrogen) atoms. The Labute approximate surface area is 124 Å². The molecule has 0 spiro atoms. The number of nitrogens with zero attached hydrogens (tertiary/aromatic N) is 2. The van der Waals surface area contributed by atoms with E-state index in [1.54, 1.807) is 30.3 Å². The lowest BCUT2D eigenvalue weighted by Crippen LogP contribution is -2.26. The number of pyridine rings is 1. The van der Waals surface area contributed by atoms with Crippen LogP contribution >= 0.6 is 0 Å². The molecule has 2 N–H and O–H groups in total. The average Bonchev–Trinajstić information content (AvgIpc) is 2.54. The minimum atomic E-state index is -0.122. The van der Waals surface area contributed by atoms with Crippen molar-refractivity contribution in [3.8, 4) is 5.88 Å². The second-order valence-corrected chi connectivity index (χ2v) is 4.74. The van der Waals surface area contributed by atoms with Crippen LogP contribution in [0.1, 0.15) is 21.5 Å². The number of methoxy groups -OCH3 is 1. The van der Waals surface area contributed by atoms with Crippen molar-refractivity contribution in [2.75, 3.05) is 14.2 Å². The van der Waals surface area contributed by atoms with Gasteiger partial charge in [-0.2, -0.15) is 0 Å². The van der Waals surface area contributed by atoms with Gasteiger partial charge in [0.1, 0.15) is 5.56 Å². The van der Waals surface area contributed by atoms with Crippen molar-refractivity contribution in [3.05, 3.63) is 59.3 Å². The summed E-state index contributed by atoms with van der Waals surface area (Å²) in [6, 6.07) is 11.3. The van der Waals surface area contributed by atoms with E-state index in [1.165, 1.54) is 7.11 Å². The van der Waals surface area contributed by atoms with Crippen LogP contribution in [0.4, 0.5) is 0 Å². The maximum atomic E-state index is 12.4. The zero-order valence-corrected chi connectivity index (χ0v) is 12.2. The standard InChI is InChI=1S/C16H19N3O2/c1-19(11-13-7-5-12(10-17)6-8-13)16(20)14-4-3-9-18-15(14)21-2/h3-9H,10-11,17H2,1-2H3. The fourth-order valence-corrected chi connectivity index (χ4v) is 2.05. The van der Waals surface area contributed by atoms with Crippen molar-refractivity contribution in [1.82, 2.24) is 9.88 Å². The van der Waals surface area contributed by atoms with Gasteiger partial charge in [0.05, 0.1) is 7.11 Å². The Morgan fingerprint density at radius 1 is 1.24 bits per heavy atom. The molecule has 0 aliphatic heterocycles. The van der Waals surface area contributed by atoms with Gasteiger partial charge in [-0.3, -0.25) is 4.79 Å². The summed E-state index contributed by atoms with van der Waals surface area (Å²) in [6.45, 7) is 1.03. The van der Waals surface area contributed by atoms with Crippen LogP contribution in [0.2, 0.25) is 0 Å². The summed E-state index contributed by atoms with van der Waals surface area (Å²) in [4.78, 5) is 18.1. The first-order valence-corrected chi connectivity index (χ1v) is 6.68. The number of carbonyl (C=O) groups is 1. The van der Waals surface area contributed by atoms with Crippen LogP contribution < -0.4 is 10.5 Å². The molecule has 1 heterocycles. The third-order valence-electron chi connectivity index (χ3n) is 3.22. The number of benzene rings is 1. The summed E-state index contributed by atoms with van der Waals surface area (Å²) in [5.74, 6) is 0.218. The fourth-order valence-electron chi connectivity index (χ4n) is 2.05. The van der Waals surface area contributed by atoms with E-state index in [0.717, 1.165) is 11.1 Å². The van der Waals surface area contributed by atoms with E-state index in [1.807, 2.05) is 24.3 Å². The topological polar surface area (TPSA) is 68.5 Å². The second kappa shape index (κ2) is 6.85. The minimum Gasteiger partial charge on any atom is -0.480 e. The van der Waals surface area contributed by atoms with Gasteiger partial charge in [0.15, 0.2) is 0 Å². The van der Waals surface area contributed by atoms with E-state index in [4.69, 9.17) is 10.5 Å². The predicted octanol–water partition coefficient (Wildman–Crippen LogP) is 1.82. The normalized spacial score (nSPS) is 10.2. The van der Waals surface area contributed by atoms with Gasteiger partial charge >= 0.3 is 0 Å². The molecule has 0 fully saturated rings. The molecule has 0 aliphatic carbocycles. The molecule has 5 heteroatoms. The van der Waals surface area contributed by atoms with Gasteiger partial charge in [0.25, 0.3) is 5.91 Å². The van der Waals surface area contributed by atoms with E-state index < -0.39 is 0 Å². The molecule has 5 nitrogen and oxygen atoms in total. The minimum absolute atomic E-state index is 0.122. The predicted molar refractivity (Wildman–Crippen MR) is 80.9 cm³/mol. The van der Waals surface area contributed by atoms with E-state index in [0.29, 0.717) is 24.5 Å². The Hall–Kier alpha value is -2.40. The van der Waals surface area contributed by atoms with Crippen LogP contribution in [0.15, 0.2) is 42.6 Å². The summed E-state index contributed by atoms with van der Waals surface area (Å²) in [5, 5.41) is 0. The average molecular weight is 285 g/mol. The SMILES string of the molecule is COc1ncccc1C(=O)N(C)Cc1ccc(CN)cc1. The van der Waals surface area contributed by atoms with Crippen molar-refractivity contribution in [1.29, 1.82) is 0 Å². The van der Waals surface area contributed by atoms with Gasteiger partial charge in [-0.15, -0.1) is 0 Å². The van der Waals surface area contributed by atoms with Gasteiger partial charge < -0.3 is 15.4 Å². The molecule has 0 radical (unpaired) electrons. The lowest BCUT2D eigenvalue weighted by molar-refractivity contribution is 0.0781. The lowest BCUT2D eigenvalue weighted by atomic mass is 10.1. The molecular weight excluding hydrogens is 266 g/mol. The molecule has 0 saturated carbocycles. The van der Waals surface area contributed by atoms with Crippen LogP contribution in [0, 0.1) is 0 Å². The molecule has 0 bridgehead atoms. The molecule has 110 valence electrons. The van der Waals surface area contributed by atoms with E-state index >= 15 is 0 Å². The summed E-state index contributed by atoms with van der Waals surface area (Å²) in [6.07, 6.45) is 1.60. The highest BCUT2D eigenvalue weighted by Crippen LogP contribution is 2.17. The number of nitrogens with two attached hydrogens (primary N) is 1. The number of hydrogen-bond donors (Lipinski definition) is 1. The van der Waals surface area contributed by atoms with Gasteiger partial charge in [0.2, 0.25) is 5.88 Å². The molecule has 0 atom stereocenters. The highest BCUT2D eigenvalue weighted by Gasteiger charge is 2.17. The molecule has 0 saturated heterocycles. The number of ether oxygens (including phenoxy) is 1. The van der Waals surface area contributed by atoms with E-state index in [2.05, 4.69) is 4.98 Å². The van der Waals surface area contributed by atoms with Gasteiger partial charge in [-0.25, -0.2) is 4.98 Å². The van der Waals surface area contributed by atoms with Crippen molar-refractivity contribution in [2.24, 2.45) is 5.73 Å². The second-order valence-electron chi connectivity index (χ2n) is 4.74. The van der Waals surface area contributed by atoms with Gasteiger partial charge in [-0.05, 0) is 23.3 Å². The quantitative estimate of drug-likeness (QED) is 0.910. The fraction of sp³-hybridized carbons (Fsp3) is 0.250. The smallest absolute Gasteiger partial charge is 0.259 e. The summed E-state index contributed by atoms with van der Waals surface area (Å²) >= 11 is 0. The zero-order chi connectivity index (χ0) is 15.2. The first kappa shape index (κ1) is 15.0. The summed E-state index contributed by atoms with van der Waals surface area (Å²) in [5.41, 5.74) is 8.15. The molecule has 1 amide bonds. The lowest BCUT2D eigenvalue weighted by Gasteiger charge is -2.18. The third kappa shape index (κ3) is 3.58. The third-order valence-corrected chi connectivity index (χ3v) is 3.22. The Bertz CT molecular complexity index is 611. The molecule has 2 rings (SSSR count). The number of carbonyl (C=O) groups excluding carboxylic acids is 1. The van der Waals surface area contributed by atoms with Crippen LogP contribution in [0.5, 0.6) is 5.88 Å². The van der Waals surface area contributed by atoms with Crippen molar-refractivity contribution in [3.63, 3.8) is 0 Å². The van der Waals surface area contributed by atoms with E-state index in [-0.39, 0.29) is 5.91 Å². The van der Waals surface area contributed by atoms with Crippen molar-refractivity contribution < 1.29 is 9.53 Å². The Kier molecular flexibility index (Phi) is 4.90. The van der Waals surface area contributed by atoms with Crippen molar-refractivity contribution in [2.45, 2.75) is 13.1 Å². The molecule has 1 aromatic heterocycles. The Morgan fingerprint density at radius 2 is 1.90 bits per heavy atom. The maximum absolute atomic E-state index is 12.4. The number of amides is 1. The van der Waals surface area contributed by atoms with Gasteiger partial charge in [-0.1, -0.05) is 24.3 Å². The number of aromatic nitrogens is 1. The molecule has 1 aromatic carbocycles. The van der Waals surface area contributed by atoms with Gasteiger partial charge in [0, 0.05) is 26.3 Å². The maximum Gasteiger partial charge on any atom is 0.259 e. The number of hydrogen-bond acceptors (Lipinski definition) is 4. The summed E-state index contributed by atoms with van der Waals surface area (Å²) in [7, 11) is 3.26. The van der Waals surface area contributed by atoms with Crippen LogP contribution in [0.25, 0.3) is 0 Å². The molecular formula is C16H19N3O2. The summed E-state index contributed by atoms with van der Waals surface area (Å²) < 4.78 is 5.12. The first-order valence-electron chi connectivity index (χ1n) is 6.68. The van der Waals surface area contributed by atoms with Crippen LogP contribution in [0.3, 0.4) is 0 Å². The van der Waals surface area contributed by atoms with Crippen LogP contribution in [-0.4, -0.2) is 29.9 Å². The molecule has 2 aromatic rings. The Morgan fingerprint density at radius 3 is 2.52 bits per heavy atom. The highest BCUT2D eigenvalue weighted by atomic mass is 16.5. The van der Waals surface area contributed by atoms with Crippen LogP contribution in [-0.2, 0) is 13.1 Å². The first-order chi connectivity index (χ1) is 10.2. The molecule has 0 unspecified atom stereocenters. The highest BCUT2D eigenvalue weighted by molar-refractivity contribution is 5.96. The monoisotopic (exact) mass is 285 g/mol. The molecule has 0 aliphatic rings. The van der Waals surface area contributed by atoms with Crippen molar-refractivity contribution >= 4 is 5.91 Å². The zero-order valence-electron chi connectivity index (χ0n) is 12.2.